The molecule has 7 nitrogen and oxygen atoms in total. The molecule has 0 spiro atoms. The van der Waals surface area contributed by atoms with E-state index in [-0.39, 0.29) is 16.8 Å². The maximum atomic E-state index is 13.9. The first kappa shape index (κ1) is 20.0. The van der Waals surface area contributed by atoms with Crippen LogP contribution in [0.5, 0.6) is 5.75 Å². The minimum absolute atomic E-state index is 0.190. The standard InChI is InChI=1S/C19H21ClFN5O2/c1-25(2)8-4-7-22-19(27)18-13-11-23-17(20)10-14(13)26(24-18)15-9-12(21)5-6-16(15)28-3/h5-6,9-11H,4,7-8H2,1-3H3,(H,22,27). The molecule has 2 aromatic heterocycles. The van der Waals surface area contributed by atoms with E-state index in [9.17, 15) is 9.18 Å². The van der Waals surface area contributed by atoms with Crippen molar-refractivity contribution in [3.05, 3.63) is 47.1 Å². The van der Waals surface area contributed by atoms with Crippen LogP contribution in [-0.4, -0.2) is 59.9 Å². The van der Waals surface area contributed by atoms with Crippen LogP contribution in [0.25, 0.3) is 16.6 Å². The van der Waals surface area contributed by atoms with Crippen molar-refractivity contribution < 1.29 is 13.9 Å². The highest BCUT2D eigenvalue weighted by molar-refractivity contribution is 6.30. The number of ether oxygens (including phenoxy) is 1. The van der Waals surface area contributed by atoms with Gasteiger partial charge < -0.3 is 15.0 Å². The summed E-state index contributed by atoms with van der Waals surface area (Å²) in [5, 5.41) is 8.02. The number of fused-ring (bicyclic) bond motifs is 1. The Kier molecular flexibility index (Phi) is 6.11. The molecule has 148 valence electrons. The predicted octanol–water partition coefficient (Wildman–Crippen LogP) is 2.90. The number of aromatic nitrogens is 3. The number of carbonyl (C=O) groups excluding carboxylic acids is 1. The van der Waals surface area contributed by atoms with E-state index in [0.29, 0.717) is 28.9 Å². The zero-order chi connectivity index (χ0) is 20.3. The Morgan fingerprint density at radius 3 is 2.86 bits per heavy atom. The summed E-state index contributed by atoms with van der Waals surface area (Å²) < 4.78 is 20.6. The number of hydrogen-bond acceptors (Lipinski definition) is 5. The molecule has 0 aliphatic rings. The van der Waals surface area contributed by atoms with E-state index in [1.807, 2.05) is 19.0 Å². The number of halogens is 2. The molecule has 1 aromatic carbocycles. The number of benzene rings is 1. The minimum atomic E-state index is -0.450. The van der Waals surface area contributed by atoms with Crippen molar-refractivity contribution in [3.63, 3.8) is 0 Å². The first-order valence-electron chi connectivity index (χ1n) is 8.72. The zero-order valence-corrected chi connectivity index (χ0v) is 16.6. The Labute approximate surface area is 167 Å². The number of methoxy groups -OCH3 is 1. The van der Waals surface area contributed by atoms with Gasteiger partial charge in [-0.05, 0) is 39.2 Å². The maximum Gasteiger partial charge on any atom is 0.272 e. The molecule has 0 saturated carbocycles. The molecule has 0 atom stereocenters. The van der Waals surface area contributed by atoms with E-state index in [1.54, 1.807) is 6.07 Å². The number of carbonyl (C=O) groups is 1. The molecular formula is C19H21ClFN5O2. The van der Waals surface area contributed by atoms with E-state index >= 15 is 0 Å². The van der Waals surface area contributed by atoms with Crippen LogP contribution in [0.2, 0.25) is 5.15 Å². The Balaban J connectivity index is 2.02. The summed E-state index contributed by atoms with van der Waals surface area (Å²) in [4.78, 5) is 18.8. The number of nitrogens with zero attached hydrogens (tertiary/aromatic N) is 4. The second-order valence-electron chi connectivity index (χ2n) is 6.51. The van der Waals surface area contributed by atoms with Crippen LogP contribution in [0.4, 0.5) is 4.39 Å². The summed E-state index contributed by atoms with van der Waals surface area (Å²) in [6.45, 7) is 1.36. The monoisotopic (exact) mass is 405 g/mol. The second-order valence-corrected chi connectivity index (χ2v) is 6.90. The fraction of sp³-hybridized carbons (Fsp3) is 0.316. The molecule has 0 fully saturated rings. The van der Waals surface area contributed by atoms with Crippen LogP contribution in [0.15, 0.2) is 30.5 Å². The van der Waals surface area contributed by atoms with E-state index < -0.39 is 5.82 Å². The molecule has 3 aromatic rings. The highest BCUT2D eigenvalue weighted by Crippen LogP contribution is 2.29. The number of nitrogens with one attached hydrogen (secondary N) is 1. The predicted molar refractivity (Wildman–Crippen MR) is 106 cm³/mol. The fourth-order valence-corrected chi connectivity index (χ4v) is 3.00. The Bertz CT molecular complexity index is 1010. The van der Waals surface area contributed by atoms with E-state index in [0.717, 1.165) is 13.0 Å². The van der Waals surface area contributed by atoms with Gasteiger partial charge in [-0.1, -0.05) is 11.6 Å². The van der Waals surface area contributed by atoms with Gasteiger partial charge in [0.15, 0.2) is 5.69 Å². The van der Waals surface area contributed by atoms with Gasteiger partial charge in [-0.15, -0.1) is 0 Å². The maximum absolute atomic E-state index is 13.9. The van der Waals surface area contributed by atoms with Crippen molar-refractivity contribution in [2.75, 3.05) is 34.3 Å². The van der Waals surface area contributed by atoms with Crippen molar-refractivity contribution in [1.29, 1.82) is 0 Å². The van der Waals surface area contributed by atoms with Crippen molar-refractivity contribution in [2.45, 2.75) is 6.42 Å². The van der Waals surface area contributed by atoms with Gasteiger partial charge in [0, 0.05) is 24.9 Å². The Morgan fingerprint density at radius 1 is 1.36 bits per heavy atom. The molecule has 0 aliphatic carbocycles. The molecule has 0 unspecified atom stereocenters. The lowest BCUT2D eigenvalue weighted by atomic mass is 10.2. The van der Waals surface area contributed by atoms with E-state index in [1.165, 1.54) is 36.2 Å². The van der Waals surface area contributed by atoms with Crippen molar-refractivity contribution in [2.24, 2.45) is 0 Å². The van der Waals surface area contributed by atoms with Crippen LogP contribution in [0.1, 0.15) is 16.9 Å². The molecule has 0 bridgehead atoms. The molecule has 28 heavy (non-hydrogen) atoms. The average Bonchev–Trinajstić information content (AvgIpc) is 3.03. The average molecular weight is 406 g/mol. The largest absolute Gasteiger partial charge is 0.494 e. The highest BCUT2D eigenvalue weighted by Gasteiger charge is 2.20. The molecule has 2 heterocycles. The SMILES string of the molecule is COc1ccc(F)cc1-n1nc(C(=O)NCCCN(C)C)c2cnc(Cl)cc21. The topological polar surface area (TPSA) is 72.3 Å². The molecule has 9 heteroatoms. The van der Waals surface area contributed by atoms with Crippen LogP contribution in [0, 0.1) is 5.82 Å². The van der Waals surface area contributed by atoms with Crippen LogP contribution < -0.4 is 10.1 Å². The summed E-state index contributed by atoms with van der Waals surface area (Å²) in [5.41, 5.74) is 1.08. The van der Waals surface area contributed by atoms with Crippen LogP contribution in [-0.2, 0) is 0 Å². The molecule has 1 N–H and O–H groups in total. The van der Waals surface area contributed by atoms with Gasteiger partial charge in [0.2, 0.25) is 0 Å². The molecule has 1 amide bonds. The third-order valence-corrected chi connectivity index (χ3v) is 4.39. The van der Waals surface area contributed by atoms with Gasteiger partial charge in [0.05, 0.1) is 18.0 Å². The summed E-state index contributed by atoms with van der Waals surface area (Å²) in [6, 6.07) is 5.67. The van der Waals surface area contributed by atoms with E-state index in [4.69, 9.17) is 16.3 Å². The van der Waals surface area contributed by atoms with Gasteiger partial charge in [-0.2, -0.15) is 5.10 Å². The Morgan fingerprint density at radius 2 is 2.14 bits per heavy atom. The van der Waals surface area contributed by atoms with Gasteiger partial charge in [0.25, 0.3) is 5.91 Å². The summed E-state index contributed by atoms with van der Waals surface area (Å²) in [7, 11) is 5.42. The summed E-state index contributed by atoms with van der Waals surface area (Å²) >= 11 is 6.04. The number of pyridine rings is 1. The number of amides is 1. The van der Waals surface area contributed by atoms with E-state index in [2.05, 4.69) is 15.4 Å². The number of rotatable bonds is 7. The highest BCUT2D eigenvalue weighted by atomic mass is 35.5. The molecule has 0 saturated heterocycles. The molecule has 0 aliphatic heterocycles. The normalized spacial score (nSPS) is 11.2. The first-order valence-corrected chi connectivity index (χ1v) is 9.09. The number of hydrogen-bond donors (Lipinski definition) is 1. The molecule has 0 radical (unpaired) electrons. The van der Waals surface area contributed by atoms with Gasteiger partial charge >= 0.3 is 0 Å². The quantitative estimate of drug-likeness (QED) is 0.483. The van der Waals surface area contributed by atoms with Crippen molar-refractivity contribution in [3.8, 4) is 11.4 Å². The fourth-order valence-electron chi connectivity index (χ4n) is 2.85. The van der Waals surface area contributed by atoms with Gasteiger partial charge in [-0.25, -0.2) is 14.1 Å². The molecule has 3 rings (SSSR count). The minimum Gasteiger partial charge on any atom is -0.494 e. The smallest absolute Gasteiger partial charge is 0.272 e. The summed E-state index contributed by atoms with van der Waals surface area (Å²) in [5.74, 6) is -0.368. The Hall–Kier alpha value is -2.71. The zero-order valence-electron chi connectivity index (χ0n) is 15.9. The summed E-state index contributed by atoms with van der Waals surface area (Å²) in [6.07, 6.45) is 2.29. The lowest BCUT2D eigenvalue weighted by Crippen LogP contribution is -2.27. The lowest BCUT2D eigenvalue weighted by molar-refractivity contribution is 0.0948. The molecular weight excluding hydrogens is 385 g/mol. The van der Waals surface area contributed by atoms with Gasteiger partial charge in [-0.3, -0.25) is 4.79 Å². The second kappa shape index (κ2) is 8.53. The van der Waals surface area contributed by atoms with Crippen molar-refractivity contribution in [1.82, 2.24) is 25.0 Å². The third-order valence-electron chi connectivity index (χ3n) is 4.18. The van der Waals surface area contributed by atoms with Gasteiger partial charge in [0.1, 0.15) is 22.4 Å². The lowest BCUT2D eigenvalue weighted by Gasteiger charge is -2.10. The van der Waals surface area contributed by atoms with Crippen LogP contribution >= 0.6 is 11.6 Å². The van der Waals surface area contributed by atoms with Crippen molar-refractivity contribution >= 4 is 28.4 Å². The first-order chi connectivity index (χ1) is 13.4. The van der Waals surface area contributed by atoms with Crippen LogP contribution in [0.3, 0.4) is 0 Å². The third kappa shape index (κ3) is 4.23.